The summed E-state index contributed by atoms with van der Waals surface area (Å²) in [5.41, 5.74) is 2.46. The minimum absolute atomic E-state index is 0.0227. The topological polar surface area (TPSA) is 99.1 Å². The van der Waals surface area contributed by atoms with Crippen LogP contribution in [0.2, 0.25) is 0 Å². The van der Waals surface area contributed by atoms with Gasteiger partial charge in [0.2, 0.25) is 0 Å². The molecule has 0 aliphatic rings. The van der Waals surface area contributed by atoms with E-state index in [2.05, 4.69) is 5.32 Å². The van der Waals surface area contributed by atoms with Crippen LogP contribution >= 0.6 is 11.8 Å². The van der Waals surface area contributed by atoms with Crippen molar-refractivity contribution >= 4 is 29.0 Å². The standard InChI is InChI=1S/C18H16F3N3O2S/c1-17(26,10-27-14-6-3-12(23)4-7-14)16(25)24-13-5-2-11(9-22)15(8-13)18(19,20)21/h2-8,26H,10,23H2,1H3,(H,24,25)/t17-/m1/s1. The van der Waals surface area contributed by atoms with Crippen LogP contribution in [0.3, 0.4) is 0 Å². The Morgan fingerprint density at radius 2 is 1.89 bits per heavy atom. The smallest absolute Gasteiger partial charge is 0.399 e. The molecule has 0 fully saturated rings. The molecule has 2 aromatic rings. The van der Waals surface area contributed by atoms with Gasteiger partial charge in [-0.1, -0.05) is 0 Å². The monoisotopic (exact) mass is 395 g/mol. The quantitative estimate of drug-likeness (QED) is 0.530. The van der Waals surface area contributed by atoms with E-state index in [0.717, 1.165) is 11.0 Å². The van der Waals surface area contributed by atoms with Crippen molar-refractivity contribution in [3.05, 3.63) is 53.6 Å². The van der Waals surface area contributed by atoms with Crippen molar-refractivity contribution in [3.8, 4) is 6.07 Å². The lowest BCUT2D eigenvalue weighted by Gasteiger charge is -2.22. The number of nitrogens with two attached hydrogens (primary N) is 1. The van der Waals surface area contributed by atoms with Crippen LogP contribution in [0.25, 0.3) is 0 Å². The number of anilines is 2. The summed E-state index contributed by atoms with van der Waals surface area (Å²) in [6.45, 7) is 1.26. The maximum atomic E-state index is 13.0. The highest BCUT2D eigenvalue weighted by Crippen LogP contribution is 2.34. The molecular formula is C18H16F3N3O2S. The number of carbonyl (C=O) groups is 1. The lowest BCUT2D eigenvalue weighted by atomic mass is 10.1. The van der Waals surface area contributed by atoms with Crippen molar-refractivity contribution in [1.82, 2.24) is 0 Å². The molecule has 0 unspecified atom stereocenters. The first-order valence-corrected chi connectivity index (χ1v) is 8.65. The second-order valence-corrected chi connectivity index (χ2v) is 7.00. The first kappa shape index (κ1) is 20.6. The summed E-state index contributed by atoms with van der Waals surface area (Å²) in [5.74, 6) is -0.881. The zero-order valence-electron chi connectivity index (χ0n) is 14.2. The molecule has 0 aliphatic carbocycles. The normalized spacial score (nSPS) is 13.5. The lowest BCUT2D eigenvalue weighted by molar-refractivity contribution is -0.137. The fourth-order valence-corrected chi connectivity index (χ4v) is 2.98. The molecule has 2 aromatic carbocycles. The summed E-state index contributed by atoms with van der Waals surface area (Å²) in [6, 6.07) is 11.1. The third kappa shape index (κ3) is 5.39. The third-order valence-corrected chi connectivity index (χ3v) is 4.90. The molecule has 4 N–H and O–H groups in total. The molecule has 0 bridgehead atoms. The van der Waals surface area contributed by atoms with Gasteiger partial charge in [0.15, 0.2) is 0 Å². The van der Waals surface area contributed by atoms with Crippen molar-refractivity contribution in [2.75, 3.05) is 16.8 Å². The van der Waals surface area contributed by atoms with E-state index < -0.39 is 28.8 Å². The highest BCUT2D eigenvalue weighted by Gasteiger charge is 2.35. The summed E-state index contributed by atoms with van der Waals surface area (Å²) >= 11 is 1.20. The maximum absolute atomic E-state index is 13.0. The van der Waals surface area contributed by atoms with Gasteiger partial charge in [0, 0.05) is 22.0 Å². The maximum Gasteiger partial charge on any atom is 0.417 e. The number of nitrogens with one attached hydrogen (secondary N) is 1. The van der Waals surface area contributed by atoms with Gasteiger partial charge in [-0.3, -0.25) is 4.79 Å². The molecule has 0 saturated heterocycles. The highest BCUT2D eigenvalue weighted by molar-refractivity contribution is 7.99. The van der Waals surface area contributed by atoms with E-state index in [1.54, 1.807) is 24.3 Å². The van der Waals surface area contributed by atoms with Gasteiger partial charge in [-0.2, -0.15) is 18.4 Å². The Kier molecular flexibility index (Phi) is 6.03. The molecule has 27 heavy (non-hydrogen) atoms. The van der Waals surface area contributed by atoms with E-state index in [9.17, 15) is 23.1 Å². The van der Waals surface area contributed by atoms with E-state index in [-0.39, 0.29) is 11.4 Å². The van der Waals surface area contributed by atoms with Gasteiger partial charge in [-0.25, -0.2) is 0 Å². The number of aliphatic hydroxyl groups is 1. The Labute approximate surface area is 158 Å². The fourth-order valence-electron chi connectivity index (χ4n) is 2.07. The number of nitrogens with zero attached hydrogens (tertiary/aromatic N) is 1. The Morgan fingerprint density at radius 3 is 2.44 bits per heavy atom. The summed E-state index contributed by atoms with van der Waals surface area (Å²) < 4.78 is 39.0. The SMILES string of the molecule is C[C@@](O)(CSc1ccc(N)cc1)C(=O)Nc1ccc(C#N)c(C(F)(F)F)c1. The number of alkyl halides is 3. The van der Waals surface area contributed by atoms with Crippen molar-refractivity contribution in [2.45, 2.75) is 23.6 Å². The molecule has 0 spiro atoms. The van der Waals surface area contributed by atoms with Gasteiger partial charge in [-0.15, -0.1) is 11.8 Å². The Hall–Kier alpha value is -2.70. The average Bonchev–Trinajstić information content (AvgIpc) is 2.60. The number of hydrogen-bond donors (Lipinski definition) is 3. The predicted octanol–water partition coefficient (Wildman–Crippen LogP) is 3.64. The number of benzene rings is 2. The van der Waals surface area contributed by atoms with E-state index >= 15 is 0 Å². The first-order valence-electron chi connectivity index (χ1n) is 7.66. The molecule has 142 valence electrons. The van der Waals surface area contributed by atoms with Crippen LogP contribution in [0.15, 0.2) is 47.4 Å². The third-order valence-electron chi connectivity index (χ3n) is 3.59. The number of carbonyl (C=O) groups excluding carboxylic acids is 1. The number of rotatable bonds is 5. The fraction of sp³-hybridized carbons (Fsp3) is 0.222. The lowest BCUT2D eigenvalue weighted by Crippen LogP contribution is -2.42. The van der Waals surface area contributed by atoms with Crippen LogP contribution in [0.5, 0.6) is 0 Å². The van der Waals surface area contributed by atoms with Crippen LogP contribution < -0.4 is 11.1 Å². The highest BCUT2D eigenvalue weighted by atomic mass is 32.2. The van der Waals surface area contributed by atoms with Gasteiger partial charge in [0.25, 0.3) is 5.91 Å². The average molecular weight is 395 g/mol. The molecular weight excluding hydrogens is 379 g/mol. The van der Waals surface area contributed by atoms with Crippen LogP contribution in [-0.2, 0) is 11.0 Å². The molecule has 0 aliphatic heterocycles. The van der Waals surface area contributed by atoms with Crippen LogP contribution in [0, 0.1) is 11.3 Å². The molecule has 0 saturated carbocycles. The number of nitrogen functional groups attached to an aromatic ring is 1. The zero-order chi connectivity index (χ0) is 20.2. The number of hydrogen-bond acceptors (Lipinski definition) is 5. The Balaban J connectivity index is 2.11. The summed E-state index contributed by atoms with van der Waals surface area (Å²) in [6.07, 6.45) is -4.74. The number of thioether (sulfide) groups is 1. The molecule has 1 amide bonds. The second kappa shape index (κ2) is 7.90. The van der Waals surface area contributed by atoms with Crippen molar-refractivity contribution in [3.63, 3.8) is 0 Å². The van der Waals surface area contributed by atoms with Crippen LogP contribution in [0.1, 0.15) is 18.1 Å². The van der Waals surface area contributed by atoms with E-state index in [4.69, 9.17) is 11.0 Å². The largest absolute Gasteiger partial charge is 0.417 e. The molecule has 1 atom stereocenters. The first-order chi connectivity index (χ1) is 12.5. The van der Waals surface area contributed by atoms with Crippen LogP contribution in [0.4, 0.5) is 24.5 Å². The second-order valence-electron chi connectivity index (χ2n) is 5.96. The van der Waals surface area contributed by atoms with Gasteiger partial charge in [0.05, 0.1) is 17.2 Å². The molecule has 5 nitrogen and oxygen atoms in total. The van der Waals surface area contributed by atoms with Gasteiger partial charge >= 0.3 is 6.18 Å². The Morgan fingerprint density at radius 1 is 1.26 bits per heavy atom. The van der Waals surface area contributed by atoms with Gasteiger partial charge in [0.1, 0.15) is 5.60 Å². The van der Waals surface area contributed by atoms with E-state index in [0.29, 0.717) is 11.8 Å². The molecule has 9 heteroatoms. The van der Waals surface area contributed by atoms with E-state index in [1.165, 1.54) is 30.8 Å². The summed E-state index contributed by atoms with van der Waals surface area (Å²) in [4.78, 5) is 13.1. The predicted molar refractivity (Wildman–Crippen MR) is 97.0 cm³/mol. The molecule has 0 heterocycles. The number of amides is 1. The van der Waals surface area contributed by atoms with Gasteiger partial charge < -0.3 is 16.2 Å². The Bertz CT molecular complexity index is 875. The minimum Gasteiger partial charge on any atom is -0.399 e. The van der Waals surface area contributed by atoms with Crippen molar-refractivity contribution in [2.24, 2.45) is 0 Å². The summed E-state index contributed by atoms with van der Waals surface area (Å²) in [5, 5.41) is 21.4. The number of halogens is 3. The minimum atomic E-state index is -4.74. The summed E-state index contributed by atoms with van der Waals surface area (Å²) in [7, 11) is 0. The van der Waals surface area contributed by atoms with Crippen LogP contribution in [-0.4, -0.2) is 22.4 Å². The van der Waals surface area contributed by atoms with E-state index in [1.807, 2.05) is 0 Å². The van der Waals surface area contributed by atoms with Crippen molar-refractivity contribution < 1.29 is 23.1 Å². The molecule has 0 radical (unpaired) electrons. The van der Waals surface area contributed by atoms with Crippen molar-refractivity contribution in [1.29, 1.82) is 5.26 Å². The molecule has 0 aromatic heterocycles. The molecule has 2 rings (SSSR count). The number of nitriles is 1. The zero-order valence-corrected chi connectivity index (χ0v) is 15.0. The van der Waals surface area contributed by atoms with Gasteiger partial charge in [-0.05, 0) is 49.4 Å².